The molecule has 14 bridgehead atoms. The van der Waals surface area contributed by atoms with Crippen molar-refractivity contribution in [2.75, 3.05) is 33.3 Å². The summed E-state index contributed by atoms with van der Waals surface area (Å²) in [6.07, 6.45) is 15.7. The monoisotopic (exact) mass is 1100 g/mol. The number of fused-ring (bicyclic) bond motifs is 5. The molecule has 4 fully saturated rings. The van der Waals surface area contributed by atoms with Crippen LogP contribution < -0.4 is 21.3 Å². The second-order valence-electron chi connectivity index (χ2n) is 26.2. The molecule has 11 heteroatoms. The molecule has 2 saturated heterocycles. The lowest BCUT2D eigenvalue weighted by Gasteiger charge is -2.56. The number of esters is 2. The zero-order valence-electron chi connectivity index (χ0n) is 48.1. The smallest absolute Gasteiger partial charge is 0.340 e. The van der Waals surface area contributed by atoms with E-state index in [-0.39, 0.29) is 83.3 Å². The molecule has 0 amide bonds. The van der Waals surface area contributed by atoms with E-state index in [4.69, 9.17) is 9.47 Å². The molecule has 5 aliphatic carbocycles. The Labute approximate surface area is 484 Å². The molecule has 0 radical (unpaired) electrons. The molecular formula is C71H82N4O7. The summed E-state index contributed by atoms with van der Waals surface area (Å²) < 4.78 is 13.5. The summed E-state index contributed by atoms with van der Waals surface area (Å²) >= 11 is 0. The third-order valence-corrected chi connectivity index (χ3v) is 21.3. The molecule has 0 unspecified atom stereocenters. The minimum Gasteiger partial charge on any atom is -0.508 e. The number of phenolic OH excluding ortho intramolecular Hbond substituents is 1. The zero-order valence-corrected chi connectivity index (χ0v) is 48.1. The maximum atomic E-state index is 15.3. The number of aliphatic hydroxyl groups excluding tert-OH is 1. The van der Waals surface area contributed by atoms with Gasteiger partial charge in [0.05, 0.1) is 29.4 Å². The Bertz CT molecular complexity index is 3330. The van der Waals surface area contributed by atoms with Crippen LogP contribution in [0.25, 0.3) is 16.7 Å². The van der Waals surface area contributed by atoms with Crippen molar-refractivity contribution in [2.45, 2.75) is 128 Å². The van der Waals surface area contributed by atoms with Crippen LogP contribution in [0.1, 0.15) is 125 Å². The van der Waals surface area contributed by atoms with Gasteiger partial charge in [0.25, 0.3) is 0 Å². The lowest BCUT2D eigenvalue weighted by Crippen LogP contribution is -2.52. The molecule has 4 aromatic carbocycles. The Balaban J connectivity index is 0.994. The Hall–Kier alpha value is -6.10. The van der Waals surface area contributed by atoms with Crippen molar-refractivity contribution in [3.05, 3.63) is 165 Å². The molecule has 428 valence electrons. The number of nitrogens with one attached hydrogen (secondary N) is 4. The van der Waals surface area contributed by atoms with E-state index in [1.54, 1.807) is 6.07 Å². The van der Waals surface area contributed by atoms with Gasteiger partial charge in [0.1, 0.15) is 17.3 Å². The molecule has 11 nitrogen and oxygen atoms in total. The molecule has 15 rings (SSSR count). The van der Waals surface area contributed by atoms with E-state index in [1.807, 2.05) is 32.2 Å². The number of allylic oxidation sites excluding steroid dienone is 5. The topological polar surface area (TPSA) is 161 Å². The standard InChI is InChI=1S/C71H82N4O7/c1-4-43(31-44-11-6-5-7-12-44)35-60-71-28-22-54-55-20-21-56-59(81-67(78)63(56)64(55)71)23-27-70(51-25-30-74-61(36-51)72-3)38-50-34-47(41-76)15-10-26-69(2,80)42-75-66(58(50)39-70)49-17-8-13-45(32-49)24-29-73-40-46-14-9-16-48(33-46)53-19-18-52(77)37-57(53)62(54)65(71)68(79)82-60/h5-9,11-14,16-19,23,32-33,35,37,43,47,50-51,54-55,58,61,64,66,72-77,80H,4,20-22,24-31,34,36,38-42H2,1-3H3/b59-23?,60-35-/t43-,47+,50-,51+,54+,55-,58-,61-,64+,66+,69+,70-,71+/m0/s1. The van der Waals surface area contributed by atoms with Crippen LogP contribution in [-0.4, -0.2) is 72.3 Å². The van der Waals surface area contributed by atoms with E-state index in [2.05, 4.69) is 125 Å². The Morgan fingerprint density at radius 1 is 0.854 bits per heavy atom. The summed E-state index contributed by atoms with van der Waals surface area (Å²) in [5.74, 6) is 7.70. The van der Waals surface area contributed by atoms with Gasteiger partial charge in [-0.15, -0.1) is 0 Å². The van der Waals surface area contributed by atoms with Gasteiger partial charge in [-0.05, 0) is 226 Å². The molecule has 6 heterocycles. The van der Waals surface area contributed by atoms with E-state index in [0.29, 0.717) is 67.4 Å². The minimum absolute atomic E-state index is 0.0128. The fourth-order valence-electron chi connectivity index (χ4n) is 17.5. The molecule has 6 aliphatic heterocycles. The normalized spacial score (nSPS) is 34.2. The highest BCUT2D eigenvalue weighted by atomic mass is 16.6. The van der Waals surface area contributed by atoms with Crippen molar-refractivity contribution >= 4 is 17.5 Å². The number of hydrogen-bond donors (Lipinski definition) is 7. The van der Waals surface area contributed by atoms with E-state index >= 15 is 9.59 Å². The minimum atomic E-state index is -1.08. The van der Waals surface area contributed by atoms with Gasteiger partial charge in [-0.25, -0.2) is 9.59 Å². The average Bonchev–Trinajstić information content (AvgIpc) is 1.47. The lowest BCUT2D eigenvalue weighted by molar-refractivity contribution is -0.135. The molecule has 4 aromatic rings. The highest BCUT2D eigenvalue weighted by Crippen LogP contribution is 2.72. The number of benzene rings is 4. The lowest BCUT2D eigenvalue weighted by atomic mass is 9.44. The van der Waals surface area contributed by atoms with Gasteiger partial charge >= 0.3 is 11.9 Å². The van der Waals surface area contributed by atoms with Crippen LogP contribution in [0.15, 0.2) is 137 Å². The highest BCUT2D eigenvalue weighted by Gasteiger charge is 2.69. The van der Waals surface area contributed by atoms with E-state index < -0.39 is 11.0 Å². The SMILES string of the molecule is CC[C@H](/C=C1\OC(=O)C2=C3c4cc(O)ccc4-c4cccc(c4)CNCCc4cccc(c4)[C@H]4NC[C@](C)(O)CC#C[C@@H](CO)C[C@H]5C[C@@]([C@@H]6CCN[C@H](NC)C6)(CC=C6OC(=O)C7=C6CC[C@H]6[C@H]3CC[C@@]21[C@@H]76)C[C@@H]54)Cc1ccccc1. The quantitative estimate of drug-likeness (QED) is 0.0697. The van der Waals surface area contributed by atoms with Gasteiger partial charge in [-0.3, -0.25) is 0 Å². The summed E-state index contributed by atoms with van der Waals surface area (Å²) in [5, 5.41) is 49.5. The van der Waals surface area contributed by atoms with Crippen molar-refractivity contribution < 1.29 is 34.4 Å². The number of ether oxygens (including phenoxy) is 2. The summed E-state index contributed by atoms with van der Waals surface area (Å²) in [5.41, 5.74) is 8.71. The molecule has 1 spiro atoms. The number of phenols is 1. The molecule has 11 aliphatic rings. The molecule has 13 atom stereocenters. The molecule has 0 aromatic heterocycles. The van der Waals surface area contributed by atoms with Crippen LogP contribution in [0.2, 0.25) is 0 Å². The van der Waals surface area contributed by atoms with E-state index in [9.17, 15) is 15.3 Å². The Morgan fingerprint density at radius 3 is 2.55 bits per heavy atom. The van der Waals surface area contributed by atoms with Crippen molar-refractivity contribution in [2.24, 2.45) is 58.2 Å². The maximum Gasteiger partial charge on any atom is 0.340 e. The Morgan fingerprint density at radius 2 is 1.71 bits per heavy atom. The fraction of sp³-hybridized carbons (Fsp3) is 0.493. The van der Waals surface area contributed by atoms with Crippen molar-refractivity contribution in [1.29, 1.82) is 0 Å². The molecule has 82 heavy (non-hydrogen) atoms. The number of carbonyl (C=O) groups is 2. The maximum absolute atomic E-state index is 15.3. The van der Waals surface area contributed by atoms with Crippen LogP contribution in [0.3, 0.4) is 0 Å². The number of hydrogen-bond acceptors (Lipinski definition) is 11. The summed E-state index contributed by atoms with van der Waals surface area (Å²) in [4.78, 5) is 30.7. The number of aliphatic hydroxyl groups is 2. The van der Waals surface area contributed by atoms with Crippen LogP contribution in [0.4, 0.5) is 0 Å². The first kappa shape index (κ1) is 55.1. The van der Waals surface area contributed by atoms with E-state index in [0.717, 1.165) is 111 Å². The van der Waals surface area contributed by atoms with Gasteiger partial charge in [-0.1, -0.05) is 97.6 Å². The molecule has 2 saturated carbocycles. The van der Waals surface area contributed by atoms with Crippen molar-refractivity contribution in [3.63, 3.8) is 0 Å². The third kappa shape index (κ3) is 10.0. The number of aromatic hydroxyl groups is 1. The predicted molar refractivity (Wildman–Crippen MR) is 319 cm³/mol. The third-order valence-electron chi connectivity index (χ3n) is 21.3. The largest absolute Gasteiger partial charge is 0.508 e. The van der Waals surface area contributed by atoms with Crippen LogP contribution in [0.5, 0.6) is 5.75 Å². The second-order valence-corrected chi connectivity index (χ2v) is 26.2. The van der Waals surface area contributed by atoms with Gasteiger partial charge in [0.15, 0.2) is 0 Å². The highest BCUT2D eigenvalue weighted by molar-refractivity contribution is 6.07. The van der Waals surface area contributed by atoms with E-state index in [1.165, 1.54) is 16.7 Å². The van der Waals surface area contributed by atoms with Crippen LogP contribution in [-0.2, 0) is 38.4 Å². The number of cyclic esters (lactones) is 1. The summed E-state index contributed by atoms with van der Waals surface area (Å²) in [6, 6.07) is 33.7. The fourth-order valence-corrected chi connectivity index (χ4v) is 17.5. The van der Waals surface area contributed by atoms with Gasteiger partial charge in [0, 0.05) is 48.5 Å². The zero-order chi connectivity index (χ0) is 56.3. The number of piperidine rings is 1. The number of β-amino-alcohol motifs (C(OH)–C–C–N with tert-alkyl or cyclic N) is 1. The summed E-state index contributed by atoms with van der Waals surface area (Å²) in [6.45, 7) is 6.71. The van der Waals surface area contributed by atoms with Gasteiger partial charge < -0.3 is 46.1 Å². The van der Waals surface area contributed by atoms with Crippen LogP contribution >= 0.6 is 0 Å². The Kier molecular flexibility index (Phi) is 15.1. The van der Waals surface area contributed by atoms with Gasteiger partial charge in [0.2, 0.25) is 0 Å². The second kappa shape index (κ2) is 22.5. The first-order valence-corrected chi connectivity index (χ1v) is 30.9. The van der Waals surface area contributed by atoms with Crippen molar-refractivity contribution in [1.82, 2.24) is 21.3 Å². The first-order chi connectivity index (χ1) is 39.9. The van der Waals surface area contributed by atoms with Crippen LogP contribution in [0, 0.1) is 70.0 Å². The molecular weight excluding hydrogens is 1020 g/mol. The van der Waals surface area contributed by atoms with Gasteiger partial charge in [-0.2, -0.15) is 0 Å². The number of carbonyl (C=O) groups excluding carboxylic acids is 2. The molecule has 7 N–H and O–H groups in total. The summed E-state index contributed by atoms with van der Waals surface area (Å²) in [7, 11) is 2.04. The number of rotatable bonds is 7. The van der Waals surface area contributed by atoms with Crippen molar-refractivity contribution in [3.8, 4) is 28.7 Å². The average molecular weight is 1100 g/mol. The predicted octanol–water partition coefficient (Wildman–Crippen LogP) is 10.8. The first-order valence-electron chi connectivity index (χ1n) is 30.9.